The molecule has 0 aliphatic heterocycles. The van der Waals surface area contributed by atoms with Gasteiger partial charge in [-0.2, -0.15) is 0 Å². The number of hydrogen-bond acceptors (Lipinski definition) is 0. The topological polar surface area (TPSA) is 39.8 Å². The average Bonchev–Trinajstić information content (AvgIpc) is 2.51. The quantitative estimate of drug-likeness (QED) is 0.472. The van der Waals surface area contributed by atoms with Crippen molar-refractivity contribution in [2.24, 2.45) is 0 Å². The molecule has 1 saturated carbocycles. The van der Waals surface area contributed by atoms with Gasteiger partial charge >= 0.3 is 22.6 Å². The van der Waals surface area contributed by atoms with Gasteiger partial charge < -0.3 is 0 Å². The molecular formula is C7H5O2Re. The number of hydrogen-bond donors (Lipinski definition) is 0. The summed E-state index contributed by atoms with van der Waals surface area (Å²) >= 11 is 0. The van der Waals surface area contributed by atoms with Gasteiger partial charge in [0.05, 0.1) is 0 Å². The van der Waals surface area contributed by atoms with E-state index in [9.17, 15) is 0 Å². The normalized spacial score (nSPS) is 12.4. The Bertz CT molecular complexity index is 60.6. The molecule has 0 bridgehead atoms. The first-order valence-electron chi connectivity index (χ1n) is 2.07. The van der Waals surface area contributed by atoms with E-state index in [4.69, 9.17) is 9.30 Å². The van der Waals surface area contributed by atoms with Crippen LogP contribution in [0.2, 0.25) is 0 Å². The van der Waals surface area contributed by atoms with Gasteiger partial charge in [-0.1, -0.05) is 0 Å². The molecule has 1 aliphatic rings. The van der Waals surface area contributed by atoms with Crippen molar-refractivity contribution in [3.8, 4) is 0 Å². The second kappa shape index (κ2) is 22.9. The fourth-order valence-electron chi connectivity index (χ4n) is 0.321. The summed E-state index contributed by atoms with van der Waals surface area (Å²) in [7, 11) is 0. The van der Waals surface area contributed by atoms with E-state index in [0.717, 1.165) is 0 Å². The van der Waals surface area contributed by atoms with Crippen molar-refractivity contribution in [2.45, 2.75) is 0 Å². The Morgan fingerprint density at radius 2 is 0.700 bits per heavy atom. The van der Waals surface area contributed by atoms with E-state index in [0.29, 0.717) is 0 Å². The van der Waals surface area contributed by atoms with E-state index in [-0.39, 0.29) is 20.4 Å². The van der Waals surface area contributed by atoms with Crippen molar-refractivity contribution in [2.75, 3.05) is 0 Å². The third kappa shape index (κ3) is 15.7. The zero-order chi connectivity index (χ0) is 7.54. The van der Waals surface area contributed by atoms with Crippen LogP contribution in [0.15, 0.2) is 0 Å². The summed E-state index contributed by atoms with van der Waals surface area (Å²) in [6.45, 7) is 9.00. The molecule has 0 amide bonds. The standard InChI is InChI=1S/C5H5.2CO.Re/c1-2-4-5-3-1;2*1-2;/h1-5H;;;. The fraction of sp³-hybridized carbons (Fsp3) is 0. The van der Waals surface area contributed by atoms with E-state index in [1.54, 1.807) is 0 Å². The van der Waals surface area contributed by atoms with Crippen LogP contribution in [0.3, 0.4) is 0 Å². The van der Waals surface area contributed by atoms with Crippen LogP contribution >= 0.6 is 0 Å². The van der Waals surface area contributed by atoms with Crippen LogP contribution in [0.4, 0.5) is 0 Å². The maximum atomic E-state index is 7.50. The third-order valence-corrected chi connectivity index (χ3v) is 0.556. The summed E-state index contributed by atoms with van der Waals surface area (Å²) in [6.07, 6.45) is 10.0. The second-order valence-corrected chi connectivity index (χ2v) is 0.962. The Morgan fingerprint density at radius 1 is 0.600 bits per heavy atom. The Morgan fingerprint density at radius 3 is 0.800 bits per heavy atom. The molecule has 0 unspecified atom stereocenters. The molecule has 0 spiro atoms. The van der Waals surface area contributed by atoms with Crippen LogP contribution in [0.5, 0.6) is 0 Å². The SMILES string of the molecule is [C-]#[O+].[C-]#[O+].[CH]1[CH][CH][CH][CH]1.[Re]. The monoisotopic (exact) mass is 308 g/mol. The van der Waals surface area contributed by atoms with Crippen LogP contribution in [-0.2, 0) is 29.7 Å². The van der Waals surface area contributed by atoms with Gasteiger partial charge in [0.1, 0.15) is 0 Å². The van der Waals surface area contributed by atoms with Gasteiger partial charge in [-0.25, -0.2) is 0 Å². The molecule has 52 valence electrons. The minimum atomic E-state index is 0. The summed E-state index contributed by atoms with van der Waals surface area (Å²) in [5.74, 6) is 0. The van der Waals surface area contributed by atoms with Crippen molar-refractivity contribution in [1.82, 2.24) is 0 Å². The van der Waals surface area contributed by atoms with Gasteiger partial charge in [-0.3, -0.25) is 0 Å². The minimum Gasteiger partial charge on any atom is -0.0312 e. The van der Waals surface area contributed by atoms with E-state index in [1.807, 2.05) is 32.1 Å². The first-order valence-corrected chi connectivity index (χ1v) is 2.07. The van der Waals surface area contributed by atoms with E-state index >= 15 is 0 Å². The molecule has 0 aromatic heterocycles. The zero-order valence-corrected chi connectivity index (χ0v) is 7.80. The van der Waals surface area contributed by atoms with Crippen molar-refractivity contribution in [1.29, 1.82) is 0 Å². The van der Waals surface area contributed by atoms with E-state index in [1.165, 1.54) is 0 Å². The smallest absolute Gasteiger partial charge is 0 e. The molecule has 0 N–H and O–H groups in total. The predicted molar refractivity (Wildman–Crippen MR) is 29.4 cm³/mol. The van der Waals surface area contributed by atoms with Crippen molar-refractivity contribution in [3.63, 3.8) is 0 Å². The molecule has 6 radical (unpaired) electrons. The minimum absolute atomic E-state index is 0. The summed E-state index contributed by atoms with van der Waals surface area (Å²) in [4.78, 5) is 0. The number of rotatable bonds is 0. The van der Waals surface area contributed by atoms with Crippen molar-refractivity contribution >= 4 is 0 Å². The average molecular weight is 307 g/mol. The van der Waals surface area contributed by atoms with Gasteiger partial charge in [0.25, 0.3) is 0 Å². The molecule has 0 saturated heterocycles. The van der Waals surface area contributed by atoms with Crippen LogP contribution < -0.4 is 0 Å². The summed E-state index contributed by atoms with van der Waals surface area (Å²) in [6, 6.07) is 0. The van der Waals surface area contributed by atoms with Gasteiger partial charge in [-0.15, -0.1) is 0 Å². The molecular weight excluding hydrogens is 302 g/mol. The Labute approximate surface area is 75.5 Å². The molecule has 10 heavy (non-hydrogen) atoms. The van der Waals surface area contributed by atoms with Gasteiger partial charge in [-0.05, 0) is 32.1 Å². The van der Waals surface area contributed by atoms with Crippen molar-refractivity contribution in [3.05, 3.63) is 45.4 Å². The summed E-state index contributed by atoms with van der Waals surface area (Å²) < 4.78 is 15.0. The summed E-state index contributed by atoms with van der Waals surface area (Å²) in [5, 5.41) is 0. The molecule has 1 rings (SSSR count). The molecule has 2 nitrogen and oxygen atoms in total. The molecule has 3 heteroatoms. The molecule has 0 heterocycles. The van der Waals surface area contributed by atoms with Gasteiger partial charge in [0.2, 0.25) is 0 Å². The van der Waals surface area contributed by atoms with E-state index < -0.39 is 0 Å². The van der Waals surface area contributed by atoms with Gasteiger partial charge in [0.15, 0.2) is 0 Å². The molecule has 0 aromatic carbocycles. The van der Waals surface area contributed by atoms with Gasteiger partial charge in [0, 0.05) is 20.4 Å². The molecule has 0 aromatic rings. The third-order valence-electron chi connectivity index (χ3n) is 0.556. The molecule has 1 aliphatic carbocycles. The Balaban J connectivity index is -0.0000000875. The first kappa shape index (κ1) is 16.6. The maximum Gasteiger partial charge on any atom is 0 e. The van der Waals surface area contributed by atoms with Crippen LogP contribution in [0.25, 0.3) is 0 Å². The van der Waals surface area contributed by atoms with Crippen LogP contribution in [-0.4, -0.2) is 0 Å². The maximum absolute atomic E-state index is 7.50. The van der Waals surface area contributed by atoms with Crippen LogP contribution in [0, 0.1) is 45.4 Å². The van der Waals surface area contributed by atoms with Crippen molar-refractivity contribution < 1.29 is 29.7 Å². The molecule has 1 fully saturated rings. The zero-order valence-electron chi connectivity index (χ0n) is 5.08. The largest absolute Gasteiger partial charge is 0.0312 e. The summed E-state index contributed by atoms with van der Waals surface area (Å²) in [5.41, 5.74) is 0. The fourth-order valence-corrected chi connectivity index (χ4v) is 0.321. The predicted octanol–water partition coefficient (Wildman–Crippen LogP) is 0.944. The van der Waals surface area contributed by atoms with E-state index in [2.05, 4.69) is 13.3 Å². The molecule has 0 atom stereocenters. The second-order valence-electron chi connectivity index (χ2n) is 0.962. The Hall–Kier alpha value is 0.142. The first-order chi connectivity index (χ1) is 4.50. The Kier molecular flexibility index (Phi) is 38.1. The van der Waals surface area contributed by atoms with Crippen LogP contribution in [0.1, 0.15) is 0 Å².